The summed E-state index contributed by atoms with van der Waals surface area (Å²) in [6.07, 6.45) is 8.93. The fourth-order valence-corrected chi connectivity index (χ4v) is 11.3. The highest BCUT2D eigenvalue weighted by molar-refractivity contribution is 5.91. The molecular weight excluding hydrogens is 841 g/mol. The third-order valence-corrected chi connectivity index (χ3v) is 15.1. The van der Waals surface area contributed by atoms with Gasteiger partial charge in [0.2, 0.25) is 11.8 Å². The van der Waals surface area contributed by atoms with Crippen molar-refractivity contribution in [2.24, 2.45) is 23.7 Å². The number of fused-ring (bicyclic) bond motifs is 3. The second-order valence-electron chi connectivity index (χ2n) is 19.0. The van der Waals surface area contributed by atoms with Crippen molar-refractivity contribution in [3.63, 3.8) is 0 Å². The molecule has 66 heavy (non-hydrogen) atoms. The summed E-state index contributed by atoms with van der Waals surface area (Å²) >= 11 is 0. The molecule has 3 aromatic carbocycles. The number of rotatable bonds is 11. The van der Waals surface area contributed by atoms with Gasteiger partial charge >= 0.3 is 12.2 Å². The molecule has 16 heteroatoms. The number of amides is 4. The average Bonchev–Trinajstić information content (AvgIpc) is 3.94. The summed E-state index contributed by atoms with van der Waals surface area (Å²) in [5.41, 5.74) is 5.95. The first-order chi connectivity index (χ1) is 32.2. The number of aromatic amines is 2. The lowest BCUT2D eigenvalue weighted by Crippen LogP contribution is -2.54. The number of aromatic nitrogens is 4. The first-order valence-electron chi connectivity index (χ1n) is 23.5. The van der Waals surface area contributed by atoms with Crippen molar-refractivity contribution in [3.8, 4) is 33.6 Å². The first-order valence-corrected chi connectivity index (χ1v) is 23.5. The van der Waals surface area contributed by atoms with Crippen molar-refractivity contribution < 1.29 is 38.1 Å². The summed E-state index contributed by atoms with van der Waals surface area (Å²) < 4.78 is 21.0. The fraction of sp³-hybridized carbons (Fsp3) is 0.480. The van der Waals surface area contributed by atoms with Gasteiger partial charge in [0.1, 0.15) is 23.7 Å². The van der Waals surface area contributed by atoms with Gasteiger partial charge in [-0.2, -0.15) is 0 Å². The Hall–Kier alpha value is -6.26. The van der Waals surface area contributed by atoms with Crippen molar-refractivity contribution in [1.82, 2.24) is 40.4 Å². The summed E-state index contributed by atoms with van der Waals surface area (Å²) in [6, 6.07) is 19.9. The average molecular weight is 897 g/mol. The molecule has 0 unspecified atom stereocenters. The molecule has 4 N–H and O–H groups in total. The number of hydrogen-bond donors (Lipinski definition) is 4. The van der Waals surface area contributed by atoms with Crippen LogP contribution in [0, 0.1) is 23.7 Å². The zero-order valence-corrected chi connectivity index (χ0v) is 37.2. The summed E-state index contributed by atoms with van der Waals surface area (Å²) in [5.74, 6) is 2.20. The maximum Gasteiger partial charge on any atom is 0.407 e. The standard InChI is InChI=1S/C50H56N8O8/c1-63-49(61)55-43(29-11-15-65-16-12-29)47(59)57-39-21-35(39)23-41(57)45-51-25-37(53-45)28-5-3-27(4-6-28)31-7-8-33-20-34(10-9-32(33)19-31)38-26-52-46(54-38)42-24-36-22-40(36)58(42)48(60)44(56-50(62)64-2)30-13-17-66-18-14-30/h3-10,19-20,25-26,29-30,35-36,39-44H,11-18,21-24H2,1-2H3,(H,51,53)(H,52,54)(H,55,61)(H,56,62)/t35-,36-,39-,40-,41+,42+,43+,44+/m1/s1. The monoisotopic (exact) mass is 896 g/mol. The van der Waals surface area contributed by atoms with Gasteiger partial charge in [0.15, 0.2) is 0 Å². The topological polar surface area (TPSA) is 193 Å². The Balaban J connectivity index is 0.768. The number of nitrogens with one attached hydrogen (secondary N) is 4. The number of hydrogen-bond acceptors (Lipinski definition) is 10. The number of ether oxygens (including phenoxy) is 4. The minimum Gasteiger partial charge on any atom is -0.453 e. The van der Waals surface area contributed by atoms with Crippen LogP contribution in [0.5, 0.6) is 0 Å². The van der Waals surface area contributed by atoms with Crippen LogP contribution >= 0.6 is 0 Å². The summed E-state index contributed by atoms with van der Waals surface area (Å²) in [4.78, 5) is 73.9. The lowest BCUT2D eigenvalue weighted by atomic mass is 9.90. The van der Waals surface area contributed by atoms with Gasteiger partial charge in [0.05, 0.1) is 50.1 Å². The maximum atomic E-state index is 14.3. The van der Waals surface area contributed by atoms with E-state index in [0.717, 1.165) is 81.7 Å². The molecule has 16 nitrogen and oxygen atoms in total. The highest BCUT2D eigenvalue weighted by atomic mass is 16.5. The lowest BCUT2D eigenvalue weighted by Gasteiger charge is -2.35. The van der Waals surface area contributed by atoms with Crippen molar-refractivity contribution >= 4 is 34.8 Å². The lowest BCUT2D eigenvalue weighted by molar-refractivity contribution is -0.138. The molecule has 0 bridgehead atoms. The molecule has 2 aromatic heterocycles. The SMILES string of the molecule is COC(=O)N[C@H](C(=O)N1[C@@H]2C[C@@H]2C[C@H]1c1ncc(-c2ccc(-c3ccc4cc(-c5cnc([C@@H]6C[C@H]7C[C@H]7N6C(=O)[C@@H](NC(=O)OC)C6CCOCC6)[nH]5)ccc4c3)cc2)[nH]1)C1CCOCC1. The van der Waals surface area contributed by atoms with Crippen LogP contribution in [-0.4, -0.2) is 119 Å². The first kappa shape index (κ1) is 42.4. The summed E-state index contributed by atoms with van der Waals surface area (Å²) in [6.45, 7) is 2.26. The van der Waals surface area contributed by atoms with E-state index in [-0.39, 0.29) is 47.8 Å². The number of nitrogens with zero attached hydrogens (tertiary/aromatic N) is 4. The molecule has 2 saturated carbocycles. The summed E-state index contributed by atoms with van der Waals surface area (Å²) in [5, 5.41) is 7.92. The van der Waals surface area contributed by atoms with Crippen LogP contribution in [0.15, 0.2) is 73.1 Å². The predicted octanol–water partition coefficient (Wildman–Crippen LogP) is 6.91. The molecule has 2 aliphatic carbocycles. The quantitative estimate of drug-likeness (QED) is 0.108. The number of methoxy groups -OCH3 is 2. The van der Waals surface area contributed by atoms with Gasteiger partial charge in [0, 0.05) is 44.1 Å². The van der Waals surface area contributed by atoms with E-state index in [1.165, 1.54) is 14.2 Å². The Kier molecular flexibility index (Phi) is 11.2. The minimum atomic E-state index is -0.675. The third kappa shape index (κ3) is 8.07. The molecule has 6 fully saturated rings. The minimum absolute atomic E-state index is 0.0211. The molecule has 6 heterocycles. The van der Waals surface area contributed by atoms with Gasteiger partial charge in [-0.15, -0.1) is 0 Å². The zero-order chi connectivity index (χ0) is 45.1. The number of likely N-dealkylation sites (tertiary alicyclic amines) is 2. The normalized spacial score (nSPS) is 25.7. The Bertz CT molecular complexity index is 2640. The number of imidazole rings is 2. The Morgan fingerprint density at radius 1 is 0.591 bits per heavy atom. The van der Waals surface area contributed by atoms with Gasteiger partial charge < -0.3 is 49.3 Å². The Morgan fingerprint density at radius 3 is 1.50 bits per heavy atom. The van der Waals surface area contributed by atoms with E-state index in [2.05, 4.69) is 81.3 Å². The molecule has 8 atom stereocenters. The van der Waals surface area contributed by atoms with E-state index in [9.17, 15) is 19.2 Å². The van der Waals surface area contributed by atoms with Gasteiger partial charge in [-0.1, -0.05) is 48.5 Å². The number of carbonyl (C=O) groups excluding carboxylic acids is 4. The second kappa shape index (κ2) is 17.5. The highest BCUT2D eigenvalue weighted by Gasteiger charge is 2.58. The van der Waals surface area contributed by atoms with Crippen LogP contribution in [0.4, 0.5) is 9.59 Å². The zero-order valence-electron chi connectivity index (χ0n) is 37.2. The second-order valence-corrected chi connectivity index (χ2v) is 19.0. The maximum absolute atomic E-state index is 14.3. The van der Waals surface area contributed by atoms with Crippen LogP contribution in [0.3, 0.4) is 0 Å². The van der Waals surface area contributed by atoms with Crippen LogP contribution < -0.4 is 10.6 Å². The molecule has 0 radical (unpaired) electrons. The van der Waals surface area contributed by atoms with Gasteiger partial charge in [-0.25, -0.2) is 19.6 Å². The third-order valence-electron chi connectivity index (χ3n) is 15.1. The molecule has 4 aliphatic heterocycles. The molecule has 4 amide bonds. The van der Waals surface area contributed by atoms with E-state index < -0.39 is 24.3 Å². The number of carbonyl (C=O) groups is 4. The fourth-order valence-electron chi connectivity index (χ4n) is 11.3. The highest BCUT2D eigenvalue weighted by Crippen LogP contribution is 2.55. The van der Waals surface area contributed by atoms with Crippen LogP contribution in [0.2, 0.25) is 0 Å². The Labute approximate surface area is 382 Å². The van der Waals surface area contributed by atoms with Crippen molar-refractivity contribution in [3.05, 3.63) is 84.7 Å². The number of alkyl carbamates (subject to hydrolysis) is 2. The van der Waals surface area contributed by atoms with E-state index in [1.807, 2.05) is 22.2 Å². The van der Waals surface area contributed by atoms with E-state index in [0.29, 0.717) is 63.9 Å². The molecule has 344 valence electrons. The van der Waals surface area contributed by atoms with Gasteiger partial charge in [0.25, 0.3) is 0 Å². The van der Waals surface area contributed by atoms with Gasteiger partial charge in [-0.3, -0.25) is 9.59 Å². The van der Waals surface area contributed by atoms with E-state index in [4.69, 9.17) is 28.9 Å². The number of H-pyrrole nitrogens is 2. The molecule has 11 rings (SSSR count). The number of piperidine rings is 2. The molecular formula is C50H56N8O8. The summed E-state index contributed by atoms with van der Waals surface area (Å²) in [7, 11) is 2.64. The van der Waals surface area contributed by atoms with Crippen molar-refractivity contribution in [1.29, 1.82) is 0 Å². The van der Waals surface area contributed by atoms with Gasteiger partial charge in [-0.05, 0) is 115 Å². The molecule has 4 saturated heterocycles. The predicted molar refractivity (Wildman–Crippen MR) is 242 cm³/mol. The van der Waals surface area contributed by atoms with Crippen LogP contribution in [-0.2, 0) is 28.5 Å². The van der Waals surface area contributed by atoms with E-state index in [1.54, 1.807) is 0 Å². The smallest absolute Gasteiger partial charge is 0.407 e. The molecule has 5 aromatic rings. The van der Waals surface area contributed by atoms with Crippen molar-refractivity contribution in [2.45, 2.75) is 87.6 Å². The molecule has 0 spiro atoms. The van der Waals surface area contributed by atoms with Crippen LogP contribution in [0.1, 0.15) is 75.1 Å². The van der Waals surface area contributed by atoms with Crippen LogP contribution in [0.25, 0.3) is 44.4 Å². The Morgan fingerprint density at radius 2 is 1.02 bits per heavy atom. The van der Waals surface area contributed by atoms with E-state index >= 15 is 0 Å². The van der Waals surface area contributed by atoms with Crippen molar-refractivity contribution in [2.75, 3.05) is 40.6 Å². The largest absolute Gasteiger partial charge is 0.453 e. The number of benzene rings is 3. The molecule has 6 aliphatic rings.